The van der Waals surface area contributed by atoms with Crippen LogP contribution in [0.4, 0.5) is 0 Å². The third-order valence-corrected chi connectivity index (χ3v) is 3.28. The van der Waals surface area contributed by atoms with E-state index in [4.69, 9.17) is 14.2 Å². The van der Waals surface area contributed by atoms with Crippen molar-refractivity contribution >= 4 is 0 Å². The number of hydrogen-bond donors (Lipinski definition) is 1. The van der Waals surface area contributed by atoms with E-state index in [-0.39, 0.29) is 6.10 Å². The highest BCUT2D eigenvalue weighted by Crippen LogP contribution is 2.26. The summed E-state index contributed by atoms with van der Waals surface area (Å²) in [6.45, 7) is 6.59. The highest BCUT2D eigenvalue weighted by molar-refractivity contribution is 5.40. The SMILES string of the molecule is CCC(CC)Oc1cc(OC)ccc1CNCCOC. The molecule has 1 rings (SSSR count). The van der Waals surface area contributed by atoms with E-state index in [9.17, 15) is 0 Å². The molecule has 0 aliphatic carbocycles. The van der Waals surface area contributed by atoms with Gasteiger partial charge in [0.2, 0.25) is 0 Å². The van der Waals surface area contributed by atoms with Crippen LogP contribution in [0.3, 0.4) is 0 Å². The van der Waals surface area contributed by atoms with E-state index in [1.165, 1.54) is 0 Å². The van der Waals surface area contributed by atoms with E-state index in [0.717, 1.165) is 43.0 Å². The zero-order valence-electron chi connectivity index (χ0n) is 13.1. The third kappa shape index (κ3) is 5.39. The summed E-state index contributed by atoms with van der Waals surface area (Å²) in [5.74, 6) is 1.73. The molecular weight excluding hydrogens is 254 g/mol. The average molecular weight is 281 g/mol. The number of methoxy groups -OCH3 is 2. The zero-order chi connectivity index (χ0) is 14.8. The molecule has 0 radical (unpaired) electrons. The second kappa shape index (κ2) is 9.61. The molecular formula is C16H27NO3. The average Bonchev–Trinajstić information content (AvgIpc) is 2.49. The first kappa shape index (κ1) is 16.8. The van der Waals surface area contributed by atoms with Crippen molar-refractivity contribution in [2.45, 2.75) is 39.3 Å². The van der Waals surface area contributed by atoms with Crippen LogP contribution in [0.25, 0.3) is 0 Å². The monoisotopic (exact) mass is 281 g/mol. The minimum absolute atomic E-state index is 0.250. The van der Waals surface area contributed by atoms with Crippen LogP contribution in [0.2, 0.25) is 0 Å². The van der Waals surface area contributed by atoms with Crippen molar-refractivity contribution in [3.05, 3.63) is 23.8 Å². The van der Waals surface area contributed by atoms with E-state index in [0.29, 0.717) is 6.61 Å². The first-order valence-corrected chi connectivity index (χ1v) is 7.28. The molecule has 0 amide bonds. The summed E-state index contributed by atoms with van der Waals surface area (Å²) >= 11 is 0. The highest BCUT2D eigenvalue weighted by atomic mass is 16.5. The predicted molar refractivity (Wildman–Crippen MR) is 81.6 cm³/mol. The second-order valence-electron chi connectivity index (χ2n) is 4.70. The molecule has 0 bridgehead atoms. The minimum Gasteiger partial charge on any atom is -0.497 e. The van der Waals surface area contributed by atoms with E-state index in [1.54, 1.807) is 14.2 Å². The van der Waals surface area contributed by atoms with Crippen LogP contribution in [0, 0.1) is 0 Å². The molecule has 0 aliphatic heterocycles. The molecule has 20 heavy (non-hydrogen) atoms. The summed E-state index contributed by atoms with van der Waals surface area (Å²) in [5.41, 5.74) is 1.15. The molecule has 0 aliphatic rings. The molecule has 0 unspecified atom stereocenters. The molecule has 4 nitrogen and oxygen atoms in total. The summed E-state index contributed by atoms with van der Waals surface area (Å²) in [7, 11) is 3.38. The van der Waals surface area contributed by atoms with Gasteiger partial charge in [-0.15, -0.1) is 0 Å². The van der Waals surface area contributed by atoms with Crippen molar-refractivity contribution in [2.75, 3.05) is 27.4 Å². The maximum absolute atomic E-state index is 6.09. The quantitative estimate of drug-likeness (QED) is 0.669. The molecule has 0 saturated carbocycles. The lowest BCUT2D eigenvalue weighted by molar-refractivity contribution is 0.188. The van der Waals surface area contributed by atoms with Crippen molar-refractivity contribution < 1.29 is 14.2 Å². The number of rotatable bonds is 10. The Kier molecular flexibility index (Phi) is 8.07. The van der Waals surface area contributed by atoms with Gasteiger partial charge < -0.3 is 19.5 Å². The Labute approximate surface area is 122 Å². The summed E-state index contributed by atoms with van der Waals surface area (Å²) in [6.07, 6.45) is 2.26. The lowest BCUT2D eigenvalue weighted by atomic mass is 10.1. The van der Waals surface area contributed by atoms with Gasteiger partial charge in [-0.2, -0.15) is 0 Å². The molecule has 114 valence electrons. The van der Waals surface area contributed by atoms with Crippen LogP contribution in [-0.4, -0.2) is 33.5 Å². The predicted octanol–water partition coefficient (Wildman–Crippen LogP) is 3.00. The lowest BCUT2D eigenvalue weighted by Crippen LogP contribution is -2.20. The van der Waals surface area contributed by atoms with Gasteiger partial charge in [0.15, 0.2) is 0 Å². The first-order chi connectivity index (χ1) is 9.74. The van der Waals surface area contributed by atoms with E-state index in [2.05, 4.69) is 25.2 Å². The Morgan fingerprint density at radius 3 is 2.50 bits per heavy atom. The van der Waals surface area contributed by atoms with Gasteiger partial charge in [-0.05, 0) is 18.9 Å². The minimum atomic E-state index is 0.250. The van der Waals surface area contributed by atoms with Crippen LogP contribution in [0.5, 0.6) is 11.5 Å². The largest absolute Gasteiger partial charge is 0.497 e. The summed E-state index contributed by atoms with van der Waals surface area (Å²) in [6, 6.07) is 5.98. The third-order valence-electron chi connectivity index (χ3n) is 3.28. The molecule has 0 spiro atoms. The molecule has 0 aromatic heterocycles. The zero-order valence-corrected chi connectivity index (χ0v) is 13.1. The van der Waals surface area contributed by atoms with Gasteiger partial charge in [0.05, 0.1) is 19.8 Å². The Morgan fingerprint density at radius 1 is 1.15 bits per heavy atom. The van der Waals surface area contributed by atoms with Crippen LogP contribution in [-0.2, 0) is 11.3 Å². The number of benzene rings is 1. The number of hydrogen-bond acceptors (Lipinski definition) is 4. The molecule has 0 heterocycles. The normalized spacial score (nSPS) is 10.8. The topological polar surface area (TPSA) is 39.7 Å². The van der Waals surface area contributed by atoms with Crippen LogP contribution in [0.15, 0.2) is 18.2 Å². The van der Waals surface area contributed by atoms with Crippen molar-refractivity contribution in [1.29, 1.82) is 0 Å². The summed E-state index contributed by atoms with van der Waals surface area (Å²) in [4.78, 5) is 0. The summed E-state index contributed by atoms with van der Waals surface area (Å²) < 4.78 is 16.4. The van der Waals surface area contributed by atoms with E-state index >= 15 is 0 Å². The van der Waals surface area contributed by atoms with Crippen molar-refractivity contribution in [3.63, 3.8) is 0 Å². The second-order valence-corrected chi connectivity index (χ2v) is 4.70. The van der Waals surface area contributed by atoms with Gasteiger partial charge in [-0.1, -0.05) is 19.9 Å². The van der Waals surface area contributed by atoms with Crippen LogP contribution in [0.1, 0.15) is 32.3 Å². The molecule has 1 aromatic carbocycles. The van der Waals surface area contributed by atoms with Gasteiger partial charge >= 0.3 is 0 Å². The standard InChI is InChI=1S/C16H27NO3/c1-5-14(6-2)20-16-11-15(19-4)8-7-13(16)12-17-9-10-18-3/h7-8,11,14,17H,5-6,9-10,12H2,1-4H3. The smallest absolute Gasteiger partial charge is 0.127 e. The molecule has 0 saturated heterocycles. The maximum Gasteiger partial charge on any atom is 0.127 e. The van der Waals surface area contributed by atoms with E-state index < -0.39 is 0 Å². The van der Waals surface area contributed by atoms with Gasteiger partial charge in [-0.3, -0.25) is 0 Å². The van der Waals surface area contributed by atoms with Crippen LogP contribution < -0.4 is 14.8 Å². The molecule has 4 heteroatoms. The van der Waals surface area contributed by atoms with Crippen LogP contribution >= 0.6 is 0 Å². The highest BCUT2D eigenvalue weighted by Gasteiger charge is 2.10. The van der Waals surface area contributed by atoms with Gasteiger partial charge in [0, 0.05) is 31.8 Å². The van der Waals surface area contributed by atoms with Gasteiger partial charge in [0.1, 0.15) is 11.5 Å². The fourth-order valence-electron chi connectivity index (χ4n) is 1.95. The first-order valence-electron chi connectivity index (χ1n) is 7.28. The number of ether oxygens (including phenoxy) is 3. The maximum atomic E-state index is 6.09. The van der Waals surface area contributed by atoms with Gasteiger partial charge in [-0.25, -0.2) is 0 Å². The Hall–Kier alpha value is -1.26. The fourth-order valence-corrected chi connectivity index (χ4v) is 1.95. The molecule has 1 aromatic rings. The van der Waals surface area contributed by atoms with E-state index in [1.807, 2.05) is 12.1 Å². The molecule has 1 N–H and O–H groups in total. The Bertz CT molecular complexity index is 378. The molecule has 0 fully saturated rings. The fraction of sp³-hybridized carbons (Fsp3) is 0.625. The van der Waals surface area contributed by atoms with Gasteiger partial charge in [0.25, 0.3) is 0 Å². The lowest BCUT2D eigenvalue weighted by Gasteiger charge is -2.19. The Balaban J connectivity index is 2.75. The summed E-state index contributed by atoms with van der Waals surface area (Å²) in [5, 5.41) is 3.34. The number of nitrogens with one attached hydrogen (secondary N) is 1. The van der Waals surface area contributed by atoms with Crippen molar-refractivity contribution in [1.82, 2.24) is 5.32 Å². The van der Waals surface area contributed by atoms with Crippen molar-refractivity contribution in [2.24, 2.45) is 0 Å². The Morgan fingerprint density at radius 2 is 1.90 bits per heavy atom. The molecule has 0 atom stereocenters. The van der Waals surface area contributed by atoms with Crippen molar-refractivity contribution in [3.8, 4) is 11.5 Å².